The van der Waals surface area contributed by atoms with E-state index in [0.717, 1.165) is 5.56 Å². The lowest BCUT2D eigenvalue weighted by Crippen LogP contribution is -2.32. The molecule has 0 saturated carbocycles. The van der Waals surface area contributed by atoms with E-state index in [1.165, 1.54) is 43.8 Å². The van der Waals surface area contributed by atoms with Crippen LogP contribution in [-0.2, 0) is 22.7 Å². The van der Waals surface area contributed by atoms with Gasteiger partial charge in [0.25, 0.3) is 0 Å². The Bertz CT molecular complexity index is 2160. The molecule has 1 unspecified atom stereocenters. The van der Waals surface area contributed by atoms with E-state index in [-0.39, 0.29) is 18.4 Å². The van der Waals surface area contributed by atoms with Crippen LogP contribution >= 0.6 is 11.6 Å². The smallest absolute Gasteiger partial charge is 0.328 e. The van der Waals surface area contributed by atoms with Crippen LogP contribution in [0.2, 0.25) is 5.02 Å². The molecule has 6 aromatic rings. The number of fused-ring (bicyclic) bond motifs is 7. The second-order valence-corrected chi connectivity index (χ2v) is 13.3. The predicted octanol–water partition coefficient (Wildman–Crippen LogP) is 9.21. The van der Waals surface area contributed by atoms with Gasteiger partial charge < -0.3 is 10.4 Å². The summed E-state index contributed by atoms with van der Waals surface area (Å²) in [5, 5.41) is 18.3. The zero-order chi connectivity index (χ0) is 34.1. The molecule has 0 aliphatic carbocycles. The standard InChI is InChI=1S/C42H36ClN3O3/c1-26(2)40(42(48)49)45-41(29-12-4-3-5-13-29)35-22-32(43)20-21-36(35)44-37(47)25-46-23-30-18-16-27-10-6-8-14-33(27)38(30)39-31(24-46)19-17-28-11-7-9-15-34(28)39/h3-22,26,40H,23-25H2,1-2H3,(H,44,47)(H,48,49). The van der Waals surface area contributed by atoms with E-state index < -0.39 is 12.0 Å². The summed E-state index contributed by atoms with van der Waals surface area (Å²) >= 11 is 6.51. The molecule has 7 rings (SSSR count). The van der Waals surface area contributed by atoms with Crippen molar-refractivity contribution in [2.75, 3.05) is 11.9 Å². The van der Waals surface area contributed by atoms with E-state index in [2.05, 4.69) is 83.0 Å². The molecule has 6 nitrogen and oxygen atoms in total. The van der Waals surface area contributed by atoms with E-state index in [0.29, 0.717) is 35.1 Å². The Labute approximate surface area is 290 Å². The number of aliphatic imine (C=N–C) groups is 1. The van der Waals surface area contributed by atoms with Crippen LogP contribution < -0.4 is 5.32 Å². The molecule has 0 bridgehead atoms. The van der Waals surface area contributed by atoms with Crippen molar-refractivity contribution in [1.29, 1.82) is 0 Å². The first kappa shape index (κ1) is 32.3. The van der Waals surface area contributed by atoms with E-state index in [1.54, 1.807) is 18.2 Å². The average molecular weight is 666 g/mol. The zero-order valence-corrected chi connectivity index (χ0v) is 28.1. The number of halogens is 1. The largest absolute Gasteiger partial charge is 0.480 e. The number of carbonyl (C=O) groups excluding carboxylic acids is 1. The van der Waals surface area contributed by atoms with Gasteiger partial charge in [0.05, 0.1) is 17.9 Å². The van der Waals surface area contributed by atoms with Crippen LogP contribution in [0.5, 0.6) is 0 Å². The molecule has 1 aliphatic rings. The molecule has 0 spiro atoms. The molecule has 7 heteroatoms. The summed E-state index contributed by atoms with van der Waals surface area (Å²) in [5.41, 5.74) is 7.02. The van der Waals surface area contributed by atoms with Gasteiger partial charge >= 0.3 is 5.97 Å². The molecule has 1 atom stereocenters. The first-order valence-electron chi connectivity index (χ1n) is 16.5. The summed E-state index contributed by atoms with van der Waals surface area (Å²) < 4.78 is 0. The highest BCUT2D eigenvalue weighted by Gasteiger charge is 2.26. The van der Waals surface area contributed by atoms with E-state index >= 15 is 0 Å². The Balaban J connectivity index is 1.26. The van der Waals surface area contributed by atoms with Gasteiger partial charge in [-0.15, -0.1) is 0 Å². The van der Waals surface area contributed by atoms with Gasteiger partial charge in [-0.3, -0.25) is 14.7 Å². The third-order valence-electron chi connectivity index (χ3n) is 9.15. The molecule has 49 heavy (non-hydrogen) atoms. The molecule has 6 aromatic carbocycles. The van der Waals surface area contributed by atoms with Gasteiger partial charge in [0.2, 0.25) is 5.91 Å². The zero-order valence-electron chi connectivity index (χ0n) is 27.4. The van der Waals surface area contributed by atoms with Gasteiger partial charge in [0, 0.05) is 29.2 Å². The molecule has 0 aromatic heterocycles. The lowest BCUT2D eigenvalue weighted by atomic mass is 9.88. The minimum Gasteiger partial charge on any atom is -0.480 e. The van der Waals surface area contributed by atoms with Crippen LogP contribution in [0.1, 0.15) is 36.1 Å². The number of nitrogens with one attached hydrogen (secondary N) is 1. The highest BCUT2D eigenvalue weighted by molar-refractivity contribution is 6.31. The summed E-state index contributed by atoms with van der Waals surface area (Å²) in [7, 11) is 0. The Morgan fingerprint density at radius 3 is 1.92 bits per heavy atom. The highest BCUT2D eigenvalue weighted by Crippen LogP contribution is 2.42. The molecule has 244 valence electrons. The van der Waals surface area contributed by atoms with Crippen LogP contribution in [0.15, 0.2) is 126 Å². The SMILES string of the molecule is CC(C)C(N=C(c1ccccc1)c1cc(Cl)ccc1NC(=O)CN1Cc2ccc3ccccc3c2-c2c(ccc3ccccc23)C1)C(=O)O. The number of rotatable bonds is 8. The number of hydrogen-bond acceptors (Lipinski definition) is 4. The molecule has 1 heterocycles. The van der Waals surface area contributed by atoms with Crippen molar-refractivity contribution in [1.82, 2.24) is 4.90 Å². The maximum atomic E-state index is 14.0. The number of benzene rings is 6. The fourth-order valence-corrected chi connectivity index (χ4v) is 7.05. The lowest BCUT2D eigenvalue weighted by Gasteiger charge is -2.22. The number of nitrogens with zero attached hydrogens (tertiary/aromatic N) is 2. The monoisotopic (exact) mass is 665 g/mol. The van der Waals surface area contributed by atoms with Crippen LogP contribution in [0.4, 0.5) is 5.69 Å². The van der Waals surface area contributed by atoms with Crippen molar-refractivity contribution in [3.05, 3.63) is 149 Å². The van der Waals surface area contributed by atoms with Crippen molar-refractivity contribution >= 4 is 56.4 Å². The summed E-state index contributed by atoms with van der Waals surface area (Å²) in [5.74, 6) is -1.46. The topological polar surface area (TPSA) is 82.0 Å². The average Bonchev–Trinajstić information content (AvgIpc) is 3.26. The third-order valence-corrected chi connectivity index (χ3v) is 9.38. The van der Waals surface area contributed by atoms with Gasteiger partial charge in [-0.05, 0) is 67.9 Å². The van der Waals surface area contributed by atoms with E-state index in [4.69, 9.17) is 16.6 Å². The van der Waals surface area contributed by atoms with Crippen molar-refractivity contribution in [3.8, 4) is 11.1 Å². The Morgan fingerprint density at radius 1 is 0.776 bits per heavy atom. The van der Waals surface area contributed by atoms with Gasteiger partial charge in [-0.1, -0.05) is 129 Å². The number of aliphatic carboxylic acids is 1. The number of hydrogen-bond donors (Lipinski definition) is 2. The van der Waals surface area contributed by atoms with E-state index in [9.17, 15) is 14.7 Å². The Kier molecular flexibility index (Phi) is 9.00. The summed E-state index contributed by atoms with van der Waals surface area (Å²) in [6.45, 7) is 4.98. The minimum absolute atomic E-state index is 0.141. The summed E-state index contributed by atoms with van der Waals surface area (Å²) in [6, 6.07) is 39.3. The molecule has 1 aliphatic heterocycles. The van der Waals surface area contributed by atoms with Crippen LogP contribution in [0.3, 0.4) is 0 Å². The Morgan fingerprint density at radius 2 is 1.35 bits per heavy atom. The van der Waals surface area contributed by atoms with Gasteiger partial charge in [-0.25, -0.2) is 4.79 Å². The molecule has 0 radical (unpaired) electrons. The third kappa shape index (κ3) is 6.58. The number of carboxylic acids is 1. The lowest BCUT2D eigenvalue weighted by molar-refractivity contribution is -0.139. The van der Waals surface area contributed by atoms with Crippen LogP contribution in [-0.4, -0.2) is 40.2 Å². The van der Waals surface area contributed by atoms with Crippen molar-refractivity contribution in [3.63, 3.8) is 0 Å². The number of anilines is 1. The van der Waals surface area contributed by atoms with E-state index in [1.807, 2.05) is 44.2 Å². The molecular weight excluding hydrogens is 630 g/mol. The minimum atomic E-state index is -1.02. The van der Waals surface area contributed by atoms with Gasteiger partial charge in [-0.2, -0.15) is 0 Å². The molecular formula is C42H36ClN3O3. The highest BCUT2D eigenvalue weighted by atomic mass is 35.5. The van der Waals surface area contributed by atoms with Crippen molar-refractivity contribution < 1.29 is 14.7 Å². The quantitative estimate of drug-likeness (QED) is 0.159. The second kappa shape index (κ2) is 13.7. The summed E-state index contributed by atoms with van der Waals surface area (Å²) in [4.78, 5) is 33.1. The fourth-order valence-electron chi connectivity index (χ4n) is 6.88. The van der Waals surface area contributed by atoms with Crippen LogP contribution in [0.25, 0.3) is 32.7 Å². The summed E-state index contributed by atoms with van der Waals surface area (Å²) in [6.07, 6.45) is 0. The van der Waals surface area contributed by atoms with Gasteiger partial charge in [0.15, 0.2) is 0 Å². The molecule has 0 saturated heterocycles. The number of carbonyl (C=O) groups is 2. The normalized spacial score (nSPS) is 13.9. The van der Waals surface area contributed by atoms with Crippen molar-refractivity contribution in [2.45, 2.75) is 33.0 Å². The first-order chi connectivity index (χ1) is 23.8. The van der Waals surface area contributed by atoms with Crippen molar-refractivity contribution in [2.24, 2.45) is 10.9 Å². The predicted molar refractivity (Wildman–Crippen MR) is 199 cm³/mol. The van der Waals surface area contributed by atoms with Crippen LogP contribution in [0, 0.1) is 5.92 Å². The fraction of sp³-hybridized carbons (Fsp3) is 0.167. The van der Waals surface area contributed by atoms with Gasteiger partial charge in [0.1, 0.15) is 6.04 Å². The maximum Gasteiger partial charge on any atom is 0.328 e. The Hall–Kier alpha value is -5.30. The molecule has 0 fully saturated rings. The molecule has 1 amide bonds. The molecule has 2 N–H and O–H groups in total. The number of carboxylic acid groups (broad SMARTS) is 1. The number of amides is 1. The maximum absolute atomic E-state index is 14.0. The second-order valence-electron chi connectivity index (χ2n) is 12.9. The first-order valence-corrected chi connectivity index (χ1v) is 16.8.